The topological polar surface area (TPSA) is 51.2 Å². The van der Waals surface area contributed by atoms with E-state index in [1.54, 1.807) is 6.20 Å². The van der Waals surface area contributed by atoms with Crippen LogP contribution in [0.5, 0.6) is 0 Å². The number of rotatable bonds is 2. The Morgan fingerprint density at radius 1 is 1.35 bits per heavy atom. The Morgan fingerprint density at radius 2 is 2.25 bits per heavy atom. The lowest BCUT2D eigenvalue weighted by atomic mass is 9.76. The Hall–Kier alpha value is -1.94. The molecule has 1 saturated heterocycles. The second-order valence-electron chi connectivity index (χ2n) is 5.59. The number of aromatic nitrogens is 1. The summed E-state index contributed by atoms with van der Waals surface area (Å²) in [4.78, 5) is 16.6. The predicted octanol–water partition coefficient (Wildman–Crippen LogP) is 2.14. The molecule has 0 radical (unpaired) electrons. The zero-order valence-corrected chi connectivity index (χ0v) is 11.1. The van der Waals surface area contributed by atoms with Gasteiger partial charge in [-0.15, -0.1) is 0 Å². The number of nitrogens with zero attached hydrogens (tertiary/aromatic N) is 1. The Morgan fingerprint density at radius 3 is 3.15 bits per heavy atom. The van der Waals surface area contributed by atoms with Gasteiger partial charge >= 0.3 is 0 Å². The van der Waals surface area contributed by atoms with E-state index in [2.05, 4.69) is 10.3 Å². The number of carbonyl (C=O) groups excluding carboxylic acids is 1. The smallest absolute Gasteiger partial charge is 0.253 e. The number of hydrogen-bond donors (Lipinski definition) is 1. The number of hydrogen-bond acceptors (Lipinski definition) is 3. The molecular formula is C16H16N2O2. The highest BCUT2D eigenvalue weighted by atomic mass is 16.5. The van der Waals surface area contributed by atoms with Crippen LogP contribution in [0.1, 0.15) is 23.2 Å². The van der Waals surface area contributed by atoms with Crippen LogP contribution in [0.3, 0.4) is 0 Å². The van der Waals surface area contributed by atoms with E-state index in [4.69, 9.17) is 4.74 Å². The van der Waals surface area contributed by atoms with Crippen LogP contribution in [0.2, 0.25) is 0 Å². The normalized spacial score (nSPS) is 27.9. The van der Waals surface area contributed by atoms with Crippen LogP contribution in [-0.4, -0.2) is 29.6 Å². The summed E-state index contributed by atoms with van der Waals surface area (Å²) in [6.07, 6.45) is 4.03. The lowest BCUT2D eigenvalue weighted by Crippen LogP contribution is -2.53. The maximum atomic E-state index is 12.3. The fourth-order valence-corrected chi connectivity index (χ4v) is 3.21. The maximum Gasteiger partial charge on any atom is 0.253 e. The van der Waals surface area contributed by atoms with Gasteiger partial charge in [0, 0.05) is 30.1 Å². The number of benzene rings is 1. The summed E-state index contributed by atoms with van der Waals surface area (Å²) in [5, 5.41) is 4.11. The molecule has 2 aromatic rings. The van der Waals surface area contributed by atoms with E-state index in [1.165, 1.54) is 0 Å². The van der Waals surface area contributed by atoms with Crippen LogP contribution in [-0.2, 0) is 4.74 Å². The van der Waals surface area contributed by atoms with Gasteiger partial charge in [-0.3, -0.25) is 9.78 Å². The minimum atomic E-state index is -0.0291. The van der Waals surface area contributed by atoms with Crippen molar-refractivity contribution >= 4 is 16.8 Å². The van der Waals surface area contributed by atoms with Gasteiger partial charge in [-0.05, 0) is 25.0 Å². The third-order valence-corrected chi connectivity index (χ3v) is 4.43. The van der Waals surface area contributed by atoms with Crippen molar-refractivity contribution < 1.29 is 9.53 Å². The molecule has 4 nitrogen and oxygen atoms in total. The summed E-state index contributed by atoms with van der Waals surface area (Å²) in [6, 6.07) is 9.99. The molecule has 1 amide bonds. The molecule has 0 unspecified atom stereocenters. The van der Waals surface area contributed by atoms with Gasteiger partial charge < -0.3 is 10.1 Å². The third-order valence-electron chi connectivity index (χ3n) is 4.43. The van der Waals surface area contributed by atoms with Gasteiger partial charge in [-0.2, -0.15) is 0 Å². The number of fused-ring (bicyclic) bond motifs is 2. The molecular weight excluding hydrogens is 252 g/mol. The molecule has 1 saturated carbocycles. The monoisotopic (exact) mass is 268 g/mol. The van der Waals surface area contributed by atoms with E-state index in [0.29, 0.717) is 17.6 Å². The molecule has 2 heterocycles. The van der Waals surface area contributed by atoms with E-state index in [1.807, 2.05) is 30.3 Å². The van der Waals surface area contributed by atoms with Crippen LogP contribution in [0.25, 0.3) is 10.9 Å². The van der Waals surface area contributed by atoms with Crippen molar-refractivity contribution in [2.24, 2.45) is 5.92 Å². The number of amides is 1. The van der Waals surface area contributed by atoms with Gasteiger partial charge in [0.2, 0.25) is 0 Å². The van der Waals surface area contributed by atoms with Gasteiger partial charge in [-0.25, -0.2) is 0 Å². The van der Waals surface area contributed by atoms with Crippen molar-refractivity contribution in [3.8, 4) is 0 Å². The number of carbonyl (C=O) groups is 1. The van der Waals surface area contributed by atoms with Crippen molar-refractivity contribution in [2.45, 2.75) is 25.0 Å². The molecule has 1 N–H and O–H groups in total. The Balaban J connectivity index is 1.52. The van der Waals surface area contributed by atoms with Crippen molar-refractivity contribution in [3.05, 3.63) is 42.1 Å². The number of nitrogens with one attached hydrogen (secondary N) is 1. The van der Waals surface area contributed by atoms with Gasteiger partial charge in [0.25, 0.3) is 5.91 Å². The van der Waals surface area contributed by atoms with E-state index in [9.17, 15) is 4.79 Å². The second-order valence-corrected chi connectivity index (χ2v) is 5.59. The number of ether oxygens (including phenoxy) is 1. The largest absolute Gasteiger partial charge is 0.378 e. The summed E-state index contributed by atoms with van der Waals surface area (Å²) < 4.78 is 5.56. The first-order valence-corrected chi connectivity index (χ1v) is 7.08. The highest BCUT2D eigenvalue weighted by molar-refractivity contribution is 5.97. The molecule has 1 aromatic carbocycles. The predicted molar refractivity (Wildman–Crippen MR) is 75.5 cm³/mol. The molecule has 1 aliphatic heterocycles. The number of pyridine rings is 1. The maximum absolute atomic E-state index is 12.3. The molecule has 1 aromatic heterocycles. The van der Waals surface area contributed by atoms with Crippen molar-refractivity contribution in [3.63, 3.8) is 0 Å². The molecule has 102 valence electrons. The third kappa shape index (κ3) is 1.88. The summed E-state index contributed by atoms with van der Waals surface area (Å²) in [6.45, 7) is 0.833. The van der Waals surface area contributed by atoms with Crippen LogP contribution in [0, 0.1) is 5.92 Å². The summed E-state index contributed by atoms with van der Waals surface area (Å²) in [7, 11) is 0. The molecule has 2 aliphatic rings. The molecule has 20 heavy (non-hydrogen) atoms. The molecule has 4 heteroatoms. The highest BCUT2D eigenvalue weighted by Gasteiger charge is 2.45. The van der Waals surface area contributed by atoms with Crippen LogP contribution in [0.15, 0.2) is 36.5 Å². The van der Waals surface area contributed by atoms with Crippen LogP contribution >= 0.6 is 0 Å². The molecule has 0 spiro atoms. The summed E-state index contributed by atoms with van der Waals surface area (Å²) in [5.74, 6) is 0.478. The quantitative estimate of drug-likeness (QED) is 0.908. The zero-order chi connectivity index (χ0) is 13.5. The van der Waals surface area contributed by atoms with Gasteiger partial charge in [-0.1, -0.05) is 18.2 Å². The van der Waals surface area contributed by atoms with Crippen LogP contribution in [0.4, 0.5) is 0 Å². The molecule has 3 atom stereocenters. The fourth-order valence-electron chi connectivity index (χ4n) is 3.21. The first-order valence-electron chi connectivity index (χ1n) is 7.08. The standard InChI is InChI=1S/C16H16N2O2/c19-16(18-14-8-15-12(14)5-6-20-15)11-7-10-3-1-2-4-13(10)17-9-11/h1-4,7,9,12,14-15H,5-6,8H2,(H,18,19)/t12-,14+,15+/m0/s1. The molecule has 0 bridgehead atoms. The van der Waals surface area contributed by atoms with E-state index in [0.717, 1.165) is 30.4 Å². The molecule has 2 fully saturated rings. The Kier molecular flexibility index (Phi) is 2.70. The lowest BCUT2D eigenvalue weighted by molar-refractivity contribution is 0.00809. The fraction of sp³-hybridized carbons (Fsp3) is 0.375. The van der Waals surface area contributed by atoms with Gasteiger partial charge in [0.05, 0.1) is 17.2 Å². The van der Waals surface area contributed by atoms with Crippen LogP contribution < -0.4 is 5.32 Å². The second kappa shape index (κ2) is 4.56. The number of para-hydroxylation sites is 1. The highest BCUT2D eigenvalue weighted by Crippen LogP contribution is 2.38. The van der Waals surface area contributed by atoms with Gasteiger partial charge in [0.15, 0.2) is 0 Å². The minimum Gasteiger partial charge on any atom is -0.378 e. The average molecular weight is 268 g/mol. The SMILES string of the molecule is O=C(N[C@@H]1C[C@H]2OCC[C@@H]12)c1cnc2ccccc2c1. The minimum absolute atomic E-state index is 0.0291. The first-order chi connectivity index (χ1) is 9.81. The summed E-state index contributed by atoms with van der Waals surface area (Å²) >= 11 is 0. The van der Waals surface area contributed by atoms with E-state index >= 15 is 0 Å². The lowest BCUT2D eigenvalue weighted by Gasteiger charge is -2.39. The van der Waals surface area contributed by atoms with Crippen molar-refractivity contribution in [2.75, 3.05) is 6.61 Å². The Bertz CT molecular complexity index is 670. The summed E-state index contributed by atoms with van der Waals surface area (Å²) in [5.41, 5.74) is 1.54. The molecule has 1 aliphatic carbocycles. The average Bonchev–Trinajstić information content (AvgIpc) is 2.85. The van der Waals surface area contributed by atoms with E-state index < -0.39 is 0 Å². The van der Waals surface area contributed by atoms with Crippen molar-refractivity contribution in [1.29, 1.82) is 0 Å². The van der Waals surface area contributed by atoms with Crippen molar-refractivity contribution in [1.82, 2.24) is 10.3 Å². The zero-order valence-electron chi connectivity index (χ0n) is 11.1. The first kappa shape index (κ1) is 11.9. The van der Waals surface area contributed by atoms with Gasteiger partial charge in [0.1, 0.15) is 0 Å². The van der Waals surface area contributed by atoms with E-state index in [-0.39, 0.29) is 11.9 Å². The Labute approximate surface area is 117 Å². The molecule has 4 rings (SSSR count).